The fraction of sp³-hybridized carbons (Fsp3) is 0.583. The summed E-state index contributed by atoms with van der Waals surface area (Å²) in [7, 11) is -1.77. The minimum atomic E-state index is -3.47. The van der Waals surface area contributed by atoms with Crippen LogP contribution in [0.2, 0.25) is 0 Å². The lowest BCUT2D eigenvalue weighted by Gasteiger charge is -2.33. The van der Waals surface area contributed by atoms with Gasteiger partial charge in [-0.2, -0.15) is 4.31 Å². The molecule has 2 rings (SSSR count). The van der Waals surface area contributed by atoms with E-state index < -0.39 is 10.0 Å². The van der Waals surface area contributed by atoms with Crippen LogP contribution in [0.15, 0.2) is 23.2 Å². The Bertz CT molecular complexity index is 541. The predicted molar refractivity (Wildman–Crippen MR) is 76.1 cm³/mol. The first kappa shape index (κ1) is 15.2. The maximum absolute atomic E-state index is 12.5. The standard InChI is InChI=1S/C12H20N4O3S/c1-13-12-10-11(2-3-14-12)20(18,19)16-6-4-15(5-7-16)8-9-17/h2-3,10,17H,4-9H2,1H3,(H,13,14). The van der Waals surface area contributed by atoms with E-state index >= 15 is 0 Å². The molecule has 0 radical (unpaired) electrons. The summed E-state index contributed by atoms with van der Waals surface area (Å²) in [5.41, 5.74) is 0. The number of rotatable bonds is 5. The zero-order chi connectivity index (χ0) is 14.6. The van der Waals surface area contributed by atoms with Crippen LogP contribution in [0.3, 0.4) is 0 Å². The van der Waals surface area contributed by atoms with Crippen molar-refractivity contribution in [1.82, 2.24) is 14.2 Å². The topological polar surface area (TPSA) is 85.8 Å². The number of aliphatic hydroxyl groups is 1. The molecule has 0 bridgehead atoms. The average Bonchev–Trinajstić information content (AvgIpc) is 2.48. The predicted octanol–water partition coefficient (Wildman–Crippen LogP) is -0.578. The van der Waals surface area contributed by atoms with Gasteiger partial charge in [0.2, 0.25) is 10.0 Å². The van der Waals surface area contributed by atoms with E-state index in [1.54, 1.807) is 7.05 Å². The summed E-state index contributed by atoms with van der Waals surface area (Å²) in [5, 5.41) is 11.7. The van der Waals surface area contributed by atoms with Gasteiger partial charge in [0.05, 0.1) is 11.5 Å². The van der Waals surface area contributed by atoms with E-state index in [1.165, 1.54) is 22.6 Å². The van der Waals surface area contributed by atoms with Crippen molar-refractivity contribution in [2.45, 2.75) is 4.90 Å². The summed E-state index contributed by atoms with van der Waals surface area (Å²) in [5.74, 6) is 0.532. The average molecular weight is 300 g/mol. The molecule has 0 atom stereocenters. The van der Waals surface area contributed by atoms with Crippen molar-refractivity contribution >= 4 is 15.8 Å². The molecule has 7 nitrogen and oxygen atoms in total. The molecule has 1 aliphatic heterocycles. The normalized spacial score (nSPS) is 18.1. The van der Waals surface area contributed by atoms with Crippen molar-refractivity contribution in [3.63, 3.8) is 0 Å². The van der Waals surface area contributed by atoms with Gasteiger partial charge in [0.1, 0.15) is 5.82 Å². The largest absolute Gasteiger partial charge is 0.395 e. The van der Waals surface area contributed by atoms with Gasteiger partial charge in [0.25, 0.3) is 0 Å². The molecule has 0 amide bonds. The summed E-state index contributed by atoms with van der Waals surface area (Å²) in [6.07, 6.45) is 1.49. The van der Waals surface area contributed by atoms with Gasteiger partial charge in [-0.25, -0.2) is 13.4 Å². The molecule has 0 spiro atoms. The van der Waals surface area contributed by atoms with Crippen molar-refractivity contribution in [2.75, 3.05) is 51.7 Å². The number of aromatic nitrogens is 1. The molecule has 1 aromatic rings. The second-order valence-corrected chi connectivity index (χ2v) is 6.53. The summed E-state index contributed by atoms with van der Waals surface area (Å²) in [4.78, 5) is 6.33. The van der Waals surface area contributed by atoms with Crippen molar-refractivity contribution in [3.8, 4) is 0 Å². The lowest BCUT2D eigenvalue weighted by molar-refractivity contribution is 0.151. The fourth-order valence-electron chi connectivity index (χ4n) is 2.19. The Balaban J connectivity index is 2.11. The molecule has 20 heavy (non-hydrogen) atoms. The molecule has 8 heteroatoms. The third-order valence-corrected chi connectivity index (χ3v) is 5.27. The molecule has 2 N–H and O–H groups in total. The first-order chi connectivity index (χ1) is 9.57. The number of pyridine rings is 1. The van der Waals surface area contributed by atoms with Crippen molar-refractivity contribution in [1.29, 1.82) is 0 Å². The van der Waals surface area contributed by atoms with E-state index in [1.807, 2.05) is 0 Å². The number of piperazine rings is 1. The van der Waals surface area contributed by atoms with E-state index in [0.29, 0.717) is 38.5 Å². The first-order valence-electron chi connectivity index (χ1n) is 6.55. The van der Waals surface area contributed by atoms with Gasteiger partial charge >= 0.3 is 0 Å². The zero-order valence-electron chi connectivity index (χ0n) is 11.5. The number of sulfonamides is 1. The van der Waals surface area contributed by atoms with E-state index in [9.17, 15) is 8.42 Å². The number of aliphatic hydroxyl groups excluding tert-OH is 1. The molecule has 0 aromatic carbocycles. The SMILES string of the molecule is CNc1cc(S(=O)(=O)N2CCN(CCO)CC2)ccn1. The molecule has 0 aliphatic carbocycles. The monoisotopic (exact) mass is 300 g/mol. The van der Waals surface area contributed by atoms with Gasteiger partial charge in [-0.15, -0.1) is 0 Å². The Morgan fingerprint density at radius 3 is 2.65 bits per heavy atom. The molecule has 2 heterocycles. The van der Waals surface area contributed by atoms with Gasteiger partial charge in [0, 0.05) is 52.0 Å². The van der Waals surface area contributed by atoms with Gasteiger partial charge in [-0.3, -0.25) is 4.90 Å². The summed E-state index contributed by atoms with van der Waals surface area (Å²) < 4.78 is 26.5. The van der Waals surface area contributed by atoms with Crippen LogP contribution < -0.4 is 5.32 Å². The second-order valence-electron chi connectivity index (χ2n) is 4.60. The fourth-order valence-corrected chi connectivity index (χ4v) is 3.63. The maximum Gasteiger partial charge on any atom is 0.243 e. The van der Waals surface area contributed by atoms with Crippen LogP contribution in [0.4, 0.5) is 5.82 Å². The van der Waals surface area contributed by atoms with Crippen LogP contribution in [-0.2, 0) is 10.0 Å². The third kappa shape index (κ3) is 3.26. The highest BCUT2D eigenvalue weighted by Gasteiger charge is 2.28. The van der Waals surface area contributed by atoms with Gasteiger partial charge in [0.15, 0.2) is 0 Å². The highest BCUT2D eigenvalue weighted by molar-refractivity contribution is 7.89. The Hall–Kier alpha value is -1.22. The lowest BCUT2D eigenvalue weighted by atomic mass is 10.4. The van der Waals surface area contributed by atoms with E-state index in [2.05, 4.69) is 15.2 Å². The lowest BCUT2D eigenvalue weighted by Crippen LogP contribution is -2.49. The van der Waals surface area contributed by atoms with Gasteiger partial charge in [-0.05, 0) is 6.07 Å². The second kappa shape index (κ2) is 6.49. The van der Waals surface area contributed by atoms with E-state index in [4.69, 9.17) is 5.11 Å². The van der Waals surface area contributed by atoms with Crippen molar-refractivity contribution in [3.05, 3.63) is 18.3 Å². The number of nitrogens with one attached hydrogen (secondary N) is 1. The number of hydrogen-bond donors (Lipinski definition) is 2. The number of anilines is 1. The quantitative estimate of drug-likeness (QED) is 0.757. The molecule has 0 unspecified atom stereocenters. The molecular formula is C12H20N4O3S. The Labute approximate surface area is 119 Å². The van der Waals surface area contributed by atoms with Gasteiger partial charge < -0.3 is 10.4 Å². The molecule has 0 saturated carbocycles. The first-order valence-corrected chi connectivity index (χ1v) is 7.99. The maximum atomic E-state index is 12.5. The van der Waals surface area contributed by atoms with Crippen molar-refractivity contribution in [2.24, 2.45) is 0 Å². The van der Waals surface area contributed by atoms with Crippen LogP contribution in [0.25, 0.3) is 0 Å². The minimum Gasteiger partial charge on any atom is -0.395 e. The highest BCUT2D eigenvalue weighted by Crippen LogP contribution is 2.19. The van der Waals surface area contributed by atoms with Crippen LogP contribution in [-0.4, -0.2) is 74.1 Å². The smallest absolute Gasteiger partial charge is 0.243 e. The van der Waals surface area contributed by atoms with E-state index in [-0.39, 0.29) is 11.5 Å². The third-order valence-electron chi connectivity index (χ3n) is 3.37. The van der Waals surface area contributed by atoms with Crippen LogP contribution in [0.1, 0.15) is 0 Å². The molecule has 112 valence electrons. The number of hydrogen-bond acceptors (Lipinski definition) is 6. The van der Waals surface area contributed by atoms with Crippen molar-refractivity contribution < 1.29 is 13.5 Å². The summed E-state index contributed by atoms with van der Waals surface area (Å²) in [6.45, 7) is 2.86. The van der Waals surface area contributed by atoms with Crippen LogP contribution in [0.5, 0.6) is 0 Å². The summed E-state index contributed by atoms with van der Waals surface area (Å²) in [6, 6.07) is 3.05. The number of nitrogens with zero attached hydrogens (tertiary/aromatic N) is 3. The zero-order valence-corrected chi connectivity index (χ0v) is 12.3. The Morgan fingerprint density at radius 2 is 2.05 bits per heavy atom. The Kier molecular flexibility index (Phi) is 4.92. The molecule has 1 fully saturated rings. The van der Waals surface area contributed by atoms with Gasteiger partial charge in [-0.1, -0.05) is 0 Å². The Morgan fingerprint density at radius 1 is 1.35 bits per heavy atom. The van der Waals surface area contributed by atoms with Crippen LogP contribution in [0, 0.1) is 0 Å². The number of β-amino-alcohol motifs (C(OH)–C–C–N with tert-alkyl or cyclic N) is 1. The molecular weight excluding hydrogens is 280 g/mol. The molecule has 1 saturated heterocycles. The van der Waals surface area contributed by atoms with E-state index in [0.717, 1.165) is 0 Å². The highest BCUT2D eigenvalue weighted by atomic mass is 32.2. The molecule has 1 aliphatic rings. The van der Waals surface area contributed by atoms with Crippen LogP contribution >= 0.6 is 0 Å². The molecule has 1 aromatic heterocycles. The summed E-state index contributed by atoms with van der Waals surface area (Å²) >= 11 is 0. The minimum absolute atomic E-state index is 0.0998.